The van der Waals surface area contributed by atoms with Crippen LogP contribution < -0.4 is 29.1 Å². The van der Waals surface area contributed by atoms with E-state index in [-0.39, 0.29) is 24.5 Å². The molecule has 0 spiro atoms. The van der Waals surface area contributed by atoms with E-state index in [2.05, 4.69) is 0 Å². The molecule has 8 nitrogen and oxygen atoms in total. The Bertz CT molecular complexity index is 1640. The van der Waals surface area contributed by atoms with E-state index in [0.717, 1.165) is 6.42 Å². The van der Waals surface area contributed by atoms with Crippen LogP contribution in [0.3, 0.4) is 0 Å². The molecular formula is C27H24Cl2N2O6S. The molecule has 2 aromatic carbocycles. The van der Waals surface area contributed by atoms with E-state index < -0.39 is 12.0 Å². The zero-order chi connectivity index (χ0) is 27.0. The molecule has 38 heavy (non-hydrogen) atoms. The van der Waals surface area contributed by atoms with Crippen LogP contribution in [-0.4, -0.2) is 31.0 Å². The molecule has 0 fully saturated rings. The number of hydrogen-bond donors (Lipinski definition) is 0. The Labute approximate surface area is 232 Å². The van der Waals surface area contributed by atoms with Gasteiger partial charge in [-0.2, -0.15) is 0 Å². The summed E-state index contributed by atoms with van der Waals surface area (Å²) in [5, 5.41) is 0.847. The van der Waals surface area contributed by atoms with Crippen LogP contribution in [0.2, 0.25) is 10.0 Å². The third-order valence-electron chi connectivity index (χ3n) is 6.16. The van der Waals surface area contributed by atoms with E-state index in [0.29, 0.717) is 59.9 Å². The fourth-order valence-electron chi connectivity index (χ4n) is 4.52. The molecule has 198 valence electrons. The van der Waals surface area contributed by atoms with Crippen LogP contribution in [-0.2, 0) is 9.53 Å². The number of allylic oxidation sites excluding steroid dienone is 1. The average Bonchev–Trinajstić information content (AvgIpc) is 3.47. The Hall–Kier alpha value is -3.27. The summed E-state index contributed by atoms with van der Waals surface area (Å²) >= 11 is 14.1. The zero-order valence-electron chi connectivity index (χ0n) is 20.9. The van der Waals surface area contributed by atoms with Gasteiger partial charge < -0.3 is 18.9 Å². The lowest BCUT2D eigenvalue weighted by Crippen LogP contribution is -2.40. The number of aromatic nitrogens is 1. The number of halogens is 2. The molecule has 2 aliphatic rings. The largest absolute Gasteiger partial charge is 0.496 e. The highest BCUT2D eigenvalue weighted by Crippen LogP contribution is 2.39. The quantitative estimate of drug-likeness (QED) is 0.382. The number of hydrogen-bond acceptors (Lipinski definition) is 8. The van der Waals surface area contributed by atoms with Gasteiger partial charge in [0.2, 0.25) is 6.79 Å². The first-order valence-corrected chi connectivity index (χ1v) is 13.6. The van der Waals surface area contributed by atoms with Crippen LogP contribution in [0, 0.1) is 0 Å². The summed E-state index contributed by atoms with van der Waals surface area (Å²) in [6.45, 7) is 4.01. The highest BCUT2D eigenvalue weighted by atomic mass is 35.5. The molecule has 1 atom stereocenters. The monoisotopic (exact) mass is 574 g/mol. The zero-order valence-corrected chi connectivity index (χ0v) is 23.2. The second-order valence-electron chi connectivity index (χ2n) is 8.53. The molecule has 0 N–H and O–H groups in total. The molecule has 0 bridgehead atoms. The summed E-state index contributed by atoms with van der Waals surface area (Å²) in [6.07, 6.45) is 2.95. The van der Waals surface area contributed by atoms with E-state index in [1.165, 1.54) is 23.0 Å². The Kier molecular flexibility index (Phi) is 7.52. The van der Waals surface area contributed by atoms with Gasteiger partial charge in [0.1, 0.15) is 11.8 Å². The number of carbonyl (C=O) groups is 1. The van der Waals surface area contributed by atoms with Gasteiger partial charge in [0.25, 0.3) is 5.56 Å². The normalized spacial score (nSPS) is 16.3. The number of fused-ring (bicyclic) bond motifs is 2. The summed E-state index contributed by atoms with van der Waals surface area (Å²) in [4.78, 5) is 32.5. The minimum absolute atomic E-state index is 0.107. The topological polar surface area (TPSA) is 88.4 Å². The average molecular weight is 575 g/mol. The van der Waals surface area contributed by atoms with Gasteiger partial charge in [-0.1, -0.05) is 47.9 Å². The van der Waals surface area contributed by atoms with Crippen molar-refractivity contribution in [1.82, 2.24) is 4.57 Å². The summed E-state index contributed by atoms with van der Waals surface area (Å²) in [5.74, 6) is 1.03. The number of esters is 1. The lowest BCUT2D eigenvalue weighted by Gasteiger charge is -2.27. The molecule has 1 aromatic heterocycles. The van der Waals surface area contributed by atoms with E-state index in [1.54, 1.807) is 43.3 Å². The SMILES string of the molecule is CCCC1=C(C(=O)OCC)[C@H](c2cc(Cl)ccc2OC)n2c(s/c(=C/c3cc4c(cc3Cl)OCO4)c2=O)=N1. The van der Waals surface area contributed by atoms with Gasteiger partial charge in [0, 0.05) is 16.7 Å². The lowest BCUT2D eigenvalue weighted by atomic mass is 9.93. The molecule has 0 saturated carbocycles. The third-order valence-corrected chi connectivity index (χ3v) is 7.70. The molecule has 0 amide bonds. The van der Waals surface area contributed by atoms with Crippen LogP contribution >= 0.6 is 34.5 Å². The molecule has 11 heteroatoms. The number of thiazole rings is 1. The maximum absolute atomic E-state index is 14.0. The molecule has 3 aromatic rings. The van der Waals surface area contributed by atoms with Crippen molar-refractivity contribution in [3.8, 4) is 17.2 Å². The van der Waals surface area contributed by atoms with Crippen molar-refractivity contribution in [2.75, 3.05) is 20.5 Å². The predicted molar refractivity (Wildman–Crippen MR) is 145 cm³/mol. The van der Waals surface area contributed by atoms with E-state index in [9.17, 15) is 9.59 Å². The molecule has 3 heterocycles. The molecule has 0 radical (unpaired) electrons. The van der Waals surface area contributed by atoms with Crippen molar-refractivity contribution in [2.45, 2.75) is 32.7 Å². The first-order chi connectivity index (χ1) is 18.4. The van der Waals surface area contributed by atoms with Crippen LogP contribution in [0.1, 0.15) is 43.9 Å². The highest BCUT2D eigenvalue weighted by Gasteiger charge is 2.36. The Balaban J connectivity index is 1.79. The summed E-state index contributed by atoms with van der Waals surface area (Å²) in [5.41, 5.74) is 1.66. The Morgan fingerprint density at radius 3 is 2.68 bits per heavy atom. The lowest BCUT2D eigenvalue weighted by molar-refractivity contribution is -0.139. The molecule has 0 unspecified atom stereocenters. The number of benzene rings is 2. The van der Waals surface area contributed by atoms with Gasteiger partial charge in [-0.15, -0.1) is 0 Å². The minimum Gasteiger partial charge on any atom is -0.496 e. The van der Waals surface area contributed by atoms with Crippen molar-refractivity contribution in [3.05, 3.63) is 82.5 Å². The highest BCUT2D eigenvalue weighted by molar-refractivity contribution is 7.07. The smallest absolute Gasteiger partial charge is 0.338 e. The van der Waals surface area contributed by atoms with Crippen molar-refractivity contribution in [1.29, 1.82) is 0 Å². The first-order valence-electron chi connectivity index (χ1n) is 12.0. The van der Waals surface area contributed by atoms with E-state index in [4.69, 9.17) is 47.1 Å². The van der Waals surface area contributed by atoms with E-state index >= 15 is 0 Å². The fourth-order valence-corrected chi connectivity index (χ4v) is 5.92. The summed E-state index contributed by atoms with van der Waals surface area (Å²) in [7, 11) is 1.53. The van der Waals surface area contributed by atoms with Gasteiger partial charge in [-0.3, -0.25) is 9.36 Å². The number of nitrogens with zero attached hydrogens (tertiary/aromatic N) is 2. The van der Waals surface area contributed by atoms with E-state index in [1.807, 2.05) is 6.92 Å². The van der Waals surface area contributed by atoms with Gasteiger partial charge in [0.15, 0.2) is 16.3 Å². The van der Waals surface area contributed by atoms with Crippen molar-refractivity contribution in [2.24, 2.45) is 4.99 Å². The van der Waals surface area contributed by atoms with Crippen LogP contribution in [0.5, 0.6) is 17.2 Å². The maximum Gasteiger partial charge on any atom is 0.338 e. The van der Waals surface area contributed by atoms with Crippen molar-refractivity contribution < 1.29 is 23.7 Å². The second-order valence-corrected chi connectivity index (χ2v) is 10.4. The van der Waals surface area contributed by atoms with Gasteiger partial charge >= 0.3 is 5.97 Å². The van der Waals surface area contributed by atoms with Gasteiger partial charge in [-0.05, 0) is 49.2 Å². The van der Waals surface area contributed by atoms with Crippen LogP contribution in [0.25, 0.3) is 6.08 Å². The maximum atomic E-state index is 14.0. The first kappa shape index (κ1) is 26.3. The second kappa shape index (κ2) is 10.8. The summed E-state index contributed by atoms with van der Waals surface area (Å²) in [6, 6.07) is 7.63. The third kappa shape index (κ3) is 4.70. The van der Waals surface area contributed by atoms with Crippen LogP contribution in [0.15, 0.2) is 51.4 Å². The Morgan fingerprint density at radius 1 is 1.21 bits per heavy atom. The van der Waals surface area contributed by atoms with Gasteiger partial charge in [0.05, 0.1) is 34.5 Å². The molecule has 0 saturated heterocycles. The minimum atomic E-state index is -0.852. The number of carbonyl (C=O) groups excluding carboxylic acids is 1. The fraction of sp³-hybridized carbons (Fsp3) is 0.296. The number of methoxy groups -OCH3 is 1. The number of ether oxygens (including phenoxy) is 4. The van der Waals surface area contributed by atoms with Gasteiger partial charge in [-0.25, -0.2) is 9.79 Å². The predicted octanol–water partition coefficient (Wildman–Crippen LogP) is 4.62. The Morgan fingerprint density at radius 2 is 1.97 bits per heavy atom. The standard InChI is InChI=1S/C27H24Cl2N2O6S/c1-4-6-18-23(26(33)35-5-2)24(16-11-15(28)7-8-19(16)34-3)31-25(32)22(38-27(31)30-18)10-14-9-20-21(12-17(14)29)37-13-36-20/h7-12,24H,4-6,13H2,1-3H3/b22-10+/t24-/m0/s1. The molecule has 2 aliphatic heterocycles. The van der Waals surface area contributed by atoms with Crippen molar-refractivity contribution in [3.63, 3.8) is 0 Å². The van der Waals surface area contributed by atoms with Crippen LogP contribution in [0.4, 0.5) is 0 Å². The molecular weight excluding hydrogens is 551 g/mol. The molecule has 5 rings (SSSR count). The number of rotatable bonds is 7. The molecule has 0 aliphatic carbocycles. The summed E-state index contributed by atoms with van der Waals surface area (Å²) < 4.78 is 23.8. The van der Waals surface area contributed by atoms with Crippen molar-refractivity contribution >= 4 is 46.6 Å².